The number of hydrogen-bond acceptors (Lipinski definition) is 6. The molecule has 22 heavy (non-hydrogen) atoms. The molecule has 2 N–H and O–H groups in total. The number of amides is 2. The summed E-state index contributed by atoms with van der Waals surface area (Å²) in [5.41, 5.74) is 0.970. The Morgan fingerprint density at radius 1 is 1.45 bits per heavy atom. The molecule has 0 fully saturated rings. The number of carbonyl (C=O) groups is 2. The van der Waals surface area contributed by atoms with E-state index >= 15 is 0 Å². The van der Waals surface area contributed by atoms with Crippen LogP contribution < -0.4 is 10.6 Å². The van der Waals surface area contributed by atoms with E-state index in [0.717, 1.165) is 23.4 Å². The summed E-state index contributed by atoms with van der Waals surface area (Å²) in [4.78, 5) is 29.0. The number of urea groups is 1. The highest BCUT2D eigenvalue weighted by molar-refractivity contribution is 7.15. The number of fused-ring (bicyclic) bond motifs is 1. The zero-order valence-corrected chi connectivity index (χ0v) is 13.6. The zero-order chi connectivity index (χ0) is 15.9. The number of methoxy groups -OCH3 is 1. The SMILES string of the molecule is CCOC(=O)C1CCc2nc(NC(=O)NCCOC)sc2C1. The Balaban J connectivity index is 1.90. The maximum absolute atomic E-state index is 11.8. The van der Waals surface area contributed by atoms with Crippen molar-refractivity contribution in [3.8, 4) is 0 Å². The van der Waals surface area contributed by atoms with Gasteiger partial charge in [0.1, 0.15) is 0 Å². The first-order valence-corrected chi connectivity index (χ1v) is 8.14. The van der Waals surface area contributed by atoms with Crippen molar-refractivity contribution in [2.24, 2.45) is 5.92 Å². The van der Waals surface area contributed by atoms with Gasteiger partial charge < -0.3 is 14.8 Å². The number of rotatable bonds is 6. The van der Waals surface area contributed by atoms with Crippen molar-refractivity contribution in [3.05, 3.63) is 10.6 Å². The summed E-state index contributed by atoms with van der Waals surface area (Å²) in [7, 11) is 1.58. The predicted octanol–water partition coefficient (Wildman–Crippen LogP) is 1.58. The van der Waals surface area contributed by atoms with Crippen LogP contribution in [0.25, 0.3) is 0 Å². The molecule has 1 heterocycles. The minimum Gasteiger partial charge on any atom is -0.466 e. The van der Waals surface area contributed by atoms with E-state index in [0.29, 0.717) is 31.3 Å². The molecule has 0 radical (unpaired) electrons. The summed E-state index contributed by atoms with van der Waals surface area (Å²) < 4.78 is 9.94. The molecule has 1 atom stereocenters. The molecule has 1 aliphatic carbocycles. The normalized spacial score (nSPS) is 16.7. The Bertz CT molecular complexity index is 532. The average Bonchev–Trinajstić information content (AvgIpc) is 2.88. The number of esters is 1. The molecule has 0 saturated heterocycles. The molecule has 0 bridgehead atoms. The van der Waals surface area contributed by atoms with E-state index in [1.165, 1.54) is 11.3 Å². The number of aromatic nitrogens is 1. The second kappa shape index (κ2) is 8.09. The number of thiazole rings is 1. The topological polar surface area (TPSA) is 89.5 Å². The van der Waals surface area contributed by atoms with Gasteiger partial charge >= 0.3 is 12.0 Å². The highest BCUT2D eigenvalue weighted by Gasteiger charge is 2.28. The van der Waals surface area contributed by atoms with Gasteiger partial charge in [0.05, 0.1) is 24.8 Å². The first-order chi connectivity index (χ1) is 10.6. The fourth-order valence-electron chi connectivity index (χ4n) is 2.30. The molecule has 1 aromatic rings. The first kappa shape index (κ1) is 16.7. The lowest BCUT2D eigenvalue weighted by atomic mass is 9.91. The molecule has 1 unspecified atom stereocenters. The summed E-state index contributed by atoms with van der Waals surface area (Å²) in [6.07, 6.45) is 2.12. The Kier molecular flexibility index (Phi) is 6.14. The van der Waals surface area contributed by atoms with Gasteiger partial charge in [0.2, 0.25) is 0 Å². The van der Waals surface area contributed by atoms with E-state index in [-0.39, 0.29) is 17.9 Å². The van der Waals surface area contributed by atoms with Crippen LogP contribution in [0.1, 0.15) is 23.9 Å². The number of aryl methyl sites for hydroxylation is 1. The lowest BCUT2D eigenvalue weighted by Crippen LogP contribution is -2.31. The molecule has 0 saturated carbocycles. The molecule has 1 aliphatic rings. The van der Waals surface area contributed by atoms with E-state index in [4.69, 9.17) is 9.47 Å². The lowest BCUT2D eigenvalue weighted by molar-refractivity contribution is -0.148. The highest BCUT2D eigenvalue weighted by atomic mass is 32.1. The number of carbonyl (C=O) groups excluding carboxylic acids is 2. The van der Waals surface area contributed by atoms with Gasteiger partial charge in [-0.1, -0.05) is 0 Å². The number of nitrogens with zero attached hydrogens (tertiary/aromatic N) is 1. The highest BCUT2D eigenvalue weighted by Crippen LogP contribution is 2.32. The molecule has 0 spiro atoms. The van der Waals surface area contributed by atoms with E-state index < -0.39 is 0 Å². The lowest BCUT2D eigenvalue weighted by Gasteiger charge is -2.18. The minimum absolute atomic E-state index is 0.101. The fraction of sp³-hybridized carbons (Fsp3) is 0.643. The summed E-state index contributed by atoms with van der Waals surface area (Å²) >= 11 is 1.42. The van der Waals surface area contributed by atoms with Crippen LogP contribution in [0.2, 0.25) is 0 Å². The summed E-state index contributed by atoms with van der Waals surface area (Å²) in [6, 6.07) is -0.301. The van der Waals surface area contributed by atoms with Crippen LogP contribution in [0.5, 0.6) is 0 Å². The molecule has 8 heteroatoms. The molecule has 0 aromatic carbocycles. The van der Waals surface area contributed by atoms with Crippen LogP contribution in [-0.2, 0) is 27.1 Å². The molecule has 0 aliphatic heterocycles. The monoisotopic (exact) mass is 327 g/mol. The number of anilines is 1. The summed E-state index contributed by atoms with van der Waals surface area (Å²) in [6.45, 7) is 3.11. The van der Waals surface area contributed by atoms with Gasteiger partial charge in [-0.15, -0.1) is 11.3 Å². The van der Waals surface area contributed by atoms with Crippen LogP contribution >= 0.6 is 11.3 Å². The third-order valence-corrected chi connectivity index (χ3v) is 4.41. The van der Waals surface area contributed by atoms with Gasteiger partial charge in [-0.25, -0.2) is 9.78 Å². The standard InChI is InChI=1S/C14H21N3O4S/c1-3-21-12(18)9-4-5-10-11(8-9)22-14(16-10)17-13(19)15-6-7-20-2/h9H,3-8H2,1-2H3,(H2,15,16,17,19). The largest absolute Gasteiger partial charge is 0.466 e. The second-order valence-electron chi connectivity index (χ2n) is 4.95. The number of nitrogens with one attached hydrogen (secondary N) is 2. The van der Waals surface area contributed by atoms with E-state index in [9.17, 15) is 9.59 Å². The molecular weight excluding hydrogens is 306 g/mol. The summed E-state index contributed by atoms with van der Waals surface area (Å²) in [5.74, 6) is -0.246. The third kappa shape index (κ3) is 4.41. The Morgan fingerprint density at radius 3 is 3.00 bits per heavy atom. The molecule has 7 nitrogen and oxygen atoms in total. The van der Waals surface area contributed by atoms with Crippen molar-refractivity contribution in [1.82, 2.24) is 10.3 Å². The summed E-state index contributed by atoms with van der Waals surface area (Å²) in [5, 5.41) is 5.95. The molecule has 122 valence electrons. The second-order valence-corrected chi connectivity index (χ2v) is 6.04. The van der Waals surface area contributed by atoms with Crippen molar-refractivity contribution in [2.75, 3.05) is 32.2 Å². The van der Waals surface area contributed by atoms with Gasteiger partial charge in [-0.2, -0.15) is 0 Å². The smallest absolute Gasteiger partial charge is 0.321 e. The van der Waals surface area contributed by atoms with Gasteiger partial charge in [-0.3, -0.25) is 10.1 Å². The van der Waals surface area contributed by atoms with E-state index in [1.807, 2.05) is 6.92 Å². The van der Waals surface area contributed by atoms with Crippen molar-refractivity contribution >= 4 is 28.5 Å². The zero-order valence-electron chi connectivity index (χ0n) is 12.8. The number of hydrogen-bond donors (Lipinski definition) is 2. The Hall–Kier alpha value is -1.67. The average molecular weight is 327 g/mol. The van der Waals surface area contributed by atoms with Crippen LogP contribution in [0.15, 0.2) is 0 Å². The third-order valence-electron chi connectivity index (χ3n) is 3.37. The predicted molar refractivity (Wildman–Crippen MR) is 83.2 cm³/mol. The van der Waals surface area contributed by atoms with Gasteiger partial charge in [0.15, 0.2) is 5.13 Å². The minimum atomic E-state index is -0.301. The van der Waals surface area contributed by atoms with Crippen LogP contribution in [0.3, 0.4) is 0 Å². The molecule has 2 rings (SSSR count). The van der Waals surface area contributed by atoms with Crippen LogP contribution in [0.4, 0.5) is 9.93 Å². The van der Waals surface area contributed by atoms with Crippen LogP contribution in [0, 0.1) is 5.92 Å². The Morgan fingerprint density at radius 2 is 2.27 bits per heavy atom. The van der Waals surface area contributed by atoms with E-state index in [1.54, 1.807) is 7.11 Å². The number of ether oxygens (including phenoxy) is 2. The van der Waals surface area contributed by atoms with E-state index in [2.05, 4.69) is 15.6 Å². The Labute approximate surface area is 133 Å². The van der Waals surface area contributed by atoms with Gasteiger partial charge in [0.25, 0.3) is 0 Å². The van der Waals surface area contributed by atoms with Crippen molar-refractivity contribution < 1.29 is 19.1 Å². The molecule has 1 aromatic heterocycles. The quantitative estimate of drug-likeness (QED) is 0.611. The molecular formula is C14H21N3O4S. The first-order valence-electron chi connectivity index (χ1n) is 7.33. The van der Waals surface area contributed by atoms with Crippen molar-refractivity contribution in [2.45, 2.75) is 26.2 Å². The van der Waals surface area contributed by atoms with Crippen LogP contribution in [-0.4, -0.2) is 43.9 Å². The van der Waals surface area contributed by atoms with Crippen molar-refractivity contribution in [1.29, 1.82) is 0 Å². The van der Waals surface area contributed by atoms with Gasteiger partial charge in [-0.05, 0) is 26.2 Å². The van der Waals surface area contributed by atoms with Crippen molar-refractivity contribution in [3.63, 3.8) is 0 Å². The maximum atomic E-state index is 11.8. The fourth-order valence-corrected chi connectivity index (χ4v) is 3.38. The maximum Gasteiger partial charge on any atom is 0.321 e. The molecule has 2 amide bonds. The van der Waals surface area contributed by atoms with Gasteiger partial charge in [0, 0.05) is 18.5 Å².